The lowest BCUT2D eigenvalue weighted by molar-refractivity contribution is -0.117. The predicted molar refractivity (Wildman–Crippen MR) is 123 cm³/mol. The van der Waals surface area contributed by atoms with Crippen LogP contribution in [-0.4, -0.2) is 53.1 Å². The monoisotopic (exact) mass is 473 g/mol. The molecule has 0 bridgehead atoms. The van der Waals surface area contributed by atoms with E-state index in [1.807, 2.05) is 0 Å². The Kier molecular flexibility index (Phi) is 6.85. The summed E-state index contributed by atoms with van der Waals surface area (Å²) < 4.78 is 39.7. The maximum absolute atomic E-state index is 13.2. The van der Waals surface area contributed by atoms with Gasteiger partial charge in [0, 0.05) is 26.1 Å². The van der Waals surface area contributed by atoms with Crippen LogP contribution in [0.5, 0.6) is 5.75 Å². The van der Waals surface area contributed by atoms with Crippen molar-refractivity contribution in [3.05, 3.63) is 48.0 Å². The van der Waals surface area contributed by atoms with Crippen molar-refractivity contribution in [2.75, 3.05) is 36.4 Å². The van der Waals surface area contributed by atoms with Crippen LogP contribution < -0.4 is 19.7 Å². The van der Waals surface area contributed by atoms with Gasteiger partial charge >= 0.3 is 0 Å². The van der Waals surface area contributed by atoms with E-state index in [0.717, 1.165) is 12.8 Å². The molecule has 0 spiro atoms. The SMILES string of the molecule is COc1ccc(S(=O)(=O)Nc2ccccc2C(=O)NC[C@@H]2CCCO2)cc1N1CCCC1=O. The number of sulfonamides is 1. The van der Waals surface area contributed by atoms with E-state index in [1.165, 1.54) is 36.3 Å². The number of methoxy groups -OCH3 is 1. The molecule has 2 N–H and O–H groups in total. The van der Waals surface area contributed by atoms with E-state index in [4.69, 9.17) is 9.47 Å². The molecule has 33 heavy (non-hydrogen) atoms. The Morgan fingerprint density at radius 3 is 2.73 bits per heavy atom. The third-order valence-electron chi connectivity index (χ3n) is 5.76. The minimum atomic E-state index is -4.04. The van der Waals surface area contributed by atoms with Gasteiger partial charge in [0.1, 0.15) is 5.75 Å². The minimum absolute atomic E-state index is 0.0242. The molecule has 2 amide bonds. The lowest BCUT2D eigenvalue weighted by Gasteiger charge is -2.20. The highest BCUT2D eigenvalue weighted by atomic mass is 32.2. The summed E-state index contributed by atoms with van der Waals surface area (Å²) in [6.07, 6.45) is 2.93. The van der Waals surface area contributed by atoms with Gasteiger partial charge in [0.2, 0.25) is 5.91 Å². The largest absolute Gasteiger partial charge is 0.495 e. The van der Waals surface area contributed by atoms with Crippen molar-refractivity contribution < 1.29 is 27.5 Å². The van der Waals surface area contributed by atoms with Crippen molar-refractivity contribution in [3.63, 3.8) is 0 Å². The molecule has 10 heteroatoms. The molecule has 9 nitrogen and oxygen atoms in total. The van der Waals surface area contributed by atoms with Gasteiger partial charge in [-0.3, -0.25) is 14.3 Å². The average molecular weight is 474 g/mol. The van der Waals surface area contributed by atoms with Crippen molar-refractivity contribution in [1.29, 1.82) is 0 Å². The van der Waals surface area contributed by atoms with Crippen LogP contribution in [0.3, 0.4) is 0 Å². The number of hydrogen-bond acceptors (Lipinski definition) is 6. The molecule has 2 aromatic carbocycles. The molecular weight excluding hydrogens is 446 g/mol. The zero-order valence-corrected chi connectivity index (χ0v) is 19.2. The number of ether oxygens (including phenoxy) is 2. The molecule has 0 aromatic heterocycles. The summed E-state index contributed by atoms with van der Waals surface area (Å²) in [6.45, 7) is 1.55. The summed E-state index contributed by atoms with van der Waals surface area (Å²) in [6, 6.07) is 10.8. The van der Waals surface area contributed by atoms with Gasteiger partial charge in [-0.2, -0.15) is 0 Å². The zero-order valence-electron chi connectivity index (χ0n) is 18.4. The minimum Gasteiger partial charge on any atom is -0.495 e. The first-order valence-corrected chi connectivity index (χ1v) is 12.4. The molecular formula is C23H27N3O6S. The molecule has 4 rings (SSSR count). The number of benzene rings is 2. The molecule has 2 saturated heterocycles. The smallest absolute Gasteiger partial charge is 0.261 e. The Balaban J connectivity index is 1.57. The molecule has 0 radical (unpaired) electrons. The molecule has 2 fully saturated rings. The molecule has 0 saturated carbocycles. The second kappa shape index (κ2) is 9.80. The second-order valence-electron chi connectivity index (χ2n) is 7.98. The van der Waals surface area contributed by atoms with Gasteiger partial charge in [-0.25, -0.2) is 8.42 Å². The quantitative estimate of drug-likeness (QED) is 0.609. The predicted octanol–water partition coefficient (Wildman–Crippen LogP) is 2.53. The number of nitrogens with one attached hydrogen (secondary N) is 2. The number of rotatable bonds is 8. The van der Waals surface area contributed by atoms with Crippen LogP contribution in [-0.2, 0) is 19.6 Å². The molecule has 2 heterocycles. The number of carbonyl (C=O) groups excluding carboxylic acids is 2. The third-order valence-corrected chi connectivity index (χ3v) is 7.12. The first kappa shape index (κ1) is 23.1. The van der Waals surface area contributed by atoms with Crippen molar-refractivity contribution in [1.82, 2.24) is 5.32 Å². The third kappa shape index (κ3) is 5.12. The Hall–Kier alpha value is -3.11. The van der Waals surface area contributed by atoms with E-state index in [2.05, 4.69) is 10.0 Å². The Bertz CT molecular complexity index is 1140. The van der Waals surface area contributed by atoms with Crippen molar-refractivity contribution in [2.45, 2.75) is 36.7 Å². The van der Waals surface area contributed by atoms with Gasteiger partial charge in [0.25, 0.3) is 15.9 Å². The topological polar surface area (TPSA) is 114 Å². The van der Waals surface area contributed by atoms with Crippen LogP contribution in [0.25, 0.3) is 0 Å². The van der Waals surface area contributed by atoms with Gasteiger partial charge in [0.15, 0.2) is 0 Å². The van der Waals surface area contributed by atoms with Crippen LogP contribution in [0, 0.1) is 0 Å². The molecule has 2 aliphatic rings. The van der Waals surface area contributed by atoms with Crippen LogP contribution in [0.15, 0.2) is 47.4 Å². The number of nitrogens with zero attached hydrogens (tertiary/aromatic N) is 1. The second-order valence-corrected chi connectivity index (χ2v) is 9.66. The van der Waals surface area contributed by atoms with Crippen LogP contribution in [0.1, 0.15) is 36.0 Å². The van der Waals surface area contributed by atoms with E-state index in [9.17, 15) is 18.0 Å². The summed E-state index contributed by atoms with van der Waals surface area (Å²) in [5, 5.41) is 2.81. The van der Waals surface area contributed by atoms with Gasteiger partial charge < -0.3 is 19.7 Å². The fourth-order valence-corrected chi connectivity index (χ4v) is 5.13. The van der Waals surface area contributed by atoms with Crippen molar-refractivity contribution in [3.8, 4) is 5.75 Å². The van der Waals surface area contributed by atoms with Crippen LogP contribution in [0.2, 0.25) is 0 Å². The number of anilines is 2. The van der Waals surface area contributed by atoms with Crippen LogP contribution in [0.4, 0.5) is 11.4 Å². The number of para-hydroxylation sites is 1. The Morgan fingerprint density at radius 2 is 2.03 bits per heavy atom. The highest BCUT2D eigenvalue weighted by Gasteiger charge is 2.27. The normalized spacial score (nSPS) is 18.4. The van der Waals surface area contributed by atoms with Crippen molar-refractivity contribution in [2.24, 2.45) is 0 Å². The molecule has 1 atom stereocenters. The highest BCUT2D eigenvalue weighted by molar-refractivity contribution is 7.92. The van der Waals surface area contributed by atoms with Gasteiger partial charge in [-0.15, -0.1) is 0 Å². The van der Waals surface area contributed by atoms with E-state index in [0.29, 0.717) is 44.0 Å². The summed E-state index contributed by atoms with van der Waals surface area (Å²) >= 11 is 0. The van der Waals surface area contributed by atoms with E-state index in [1.54, 1.807) is 18.2 Å². The van der Waals surface area contributed by atoms with Crippen molar-refractivity contribution >= 4 is 33.2 Å². The maximum atomic E-state index is 13.2. The Labute approximate surface area is 193 Å². The first-order chi connectivity index (χ1) is 15.9. The lowest BCUT2D eigenvalue weighted by atomic mass is 10.1. The van der Waals surface area contributed by atoms with Crippen LogP contribution >= 0.6 is 0 Å². The first-order valence-electron chi connectivity index (χ1n) is 10.9. The van der Waals surface area contributed by atoms with E-state index < -0.39 is 10.0 Å². The standard InChI is InChI=1S/C23H27N3O6S/c1-31-21-11-10-17(14-20(21)26-12-4-9-22(26)27)33(29,30)25-19-8-3-2-7-18(19)23(28)24-15-16-6-5-13-32-16/h2-3,7-8,10-11,14,16,25H,4-6,9,12-13,15H2,1H3,(H,24,28)/t16-/m0/s1. The summed E-state index contributed by atoms with van der Waals surface area (Å²) in [7, 11) is -2.57. The molecule has 2 aliphatic heterocycles. The maximum Gasteiger partial charge on any atom is 0.261 e. The van der Waals surface area contributed by atoms with Gasteiger partial charge in [-0.05, 0) is 49.6 Å². The van der Waals surface area contributed by atoms with Gasteiger partial charge in [0.05, 0.1) is 35.0 Å². The summed E-state index contributed by atoms with van der Waals surface area (Å²) in [4.78, 5) is 26.5. The van der Waals surface area contributed by atoms with E-state index >= 15 is 0 Å². The fourth-order valence-electron chi connectivity index (χ4n) is 4.03. The Morgan fingerprint density at radius 1 is 1.21 bits per heavy atom. The molecule has 2 aromatic rings. The number of hydrogen-bond donors (Lipinski definition) is 2. The van der Waals surface area contributed by atoms with E-state index in [-0.39, 0.29) is 34.1 Å². The molecule has 176 valence electrons. The zero-order chi connectivity index (χ0) is 23.4. The highest BCUT2D eigenvalue weighted by Crippen LogP contribution is 2.34. The molecule has 0 unspecified atom stereocenters. The average Bonchev–Trinajstić information content (AvgIpc) is 3.49. The number of carbonyl (C=O) groups is 2. The lowest BCUT2D eigenvalue weighted by Crippen LogP contribution is -2.32. The van der Waals surface area contributed by atoms with Gasteiger partial charge in [-0.1, -0.05) is 12.1 Å². The molecule has 0 aliphatic carbocycles. The summed E-state index contributed by atoms with van der Waals surface area (Å²) in [5.41, 5.74) is 0.782. The number of amides is 2. The fraction of sp³-hybridized carbons (Fsp3) is 0.391. The summed E-state index contributed by atoms with van der Waals surface area (Å²) in [5.74, 6) is -0.0518.